The number of rotatable bonds is 5. The summed E-state index contributed by atoms with van der Waals surface area (Å²) in [6.07, 6.45) is 0. The van der Waals surface area contributed by atoms with Gasteiger partial charge in [0.25, 0.3) is 0 Å². The van der Waals surface area contributed by atoms with Crippen LogP contribution in [0.1, 0.15) is 40.2 Å². The molecule has 1 aromatic carbocycles. The van der Waals surface area contributed by atoms with E-state index < -0.39 is 0 Å². The maximum absolute atomic E-state index is 5.43. The van der Waals surface area contributed by atoms with E-state index >= 15 is 0 Å². The molecule has 0 saturated heterocycles. The van der Waals surface area contributed by atoms with Crippen LogP contribution in [-0.4, -0.2) is 12.6 Å². The normalized spacial score (nSPS) is 9.00. The second-order valence-corrected chi connectivity index (χ2v) is 3.90. The van der Waals surface area contributed by atoms with Crippen LogP contribution in [0.5, 0.6) is 5.75 Å². The van der Waals surface area contributed by atoms with Crippen LogP contribution in [0.3, 0.4) is 0 Å². The van der Waals surface area contributed by atoms with Crippen LogP contribution in [0.4, 0.5) is 0 Å². The van der Waals surface area contributed by atoms with E-state index in [1.165, 1.54) is 5.56 Å². The Morgan fingerprint density at radius 3 is 2.28 bits per heavy atom. The van der Waals surface area contributed by atoms with Gasteiger partial charge < -0.3 is 10.1 Å². The first kappa shape index (κ1) is 16.5. The van der Waals surface area contributed by atoms with Gasteiger partial charge in [-0.25, -0.2) is 0 Å². The van der Waals surface area contributed by atoms with Gasteiger partial charge in [0.15, 0.2) is 0 Å². The van der Waals surface area contributed by atoms with E-state index in [1.54, 1.807) is 0 Å². The van der Waals surface area contributed by atoms with Crippen molar-refractivity contribution in [2.45, 2.75) is 47.2 Å². The third-order valence-electron chi connectivity index (χ3n) is 2.13. The predicted octanol–water partition coefficient (Wildman–Crippen LogP) is 3.61. The first-order valence-electron chi connectivity index (χ1n) is 6.57. The molecule has 1 rings (SSSR count). The van der Waals surface area contributed by atoms with Gasteiger partial charge in [0.05, 0.1) is 0 Å². The molecule has 0 amide bonds. The molecule has 0 atom stereocenters. The standard InChI is InChI=1S/C14H19NO.C2H6/c1-4-5-10-16-14-8-6-13(7-9-14)11-15-12(2)3;1-2/h6-9,12,15H,10-11H2,1-3H3;1-2H3. The van der Waals surface area contributed by atoms with Crippen molar-refractivity contribution in [1.29, 1.82) is 0 Å². The summed E-state index contributed by atoms with van der Waals surface area (Å²) in [5.74, 6) is 6.54. The van der Waals surface area contributed by atoms with Crippen LogP contribution in [0.15, 0.2) is 24.3 Å². The van der Waals surface area contributed by atoms with Gasteiger partial charge in [0.1, 0.15) is 12.4 Å². The number of ether oxygens (including phenoxy) is 1. The van der Waals surface area contributed by atoms with Crippen molar-refractivity contribution in [3.05, 3.63) is 29.8 Å². The van der Waals surface area contributed by atoms with Crippen molar-refractivity contribution in [2.24, 2.45) is 0 Å². The van der Waals surface area contributed by atoms with Gasteiger partial charge >= 0.3 is 0 Å². The van der Waals surface area contributed by atoms with Crippen molar-refractivity contribution in [1.82, 2.24) is 5.32 Å². The highest BCUT2D eigenvalue weighted by Crippen LogP contribution is 2.11. The predicted molar refractivity (Wildman–Crippen MR) is 78.7 cm³/mol. The van der Waals surface area contributed by atoms with E-state index in [0.29, 0.717) is 12.6 Å². The van der Waals surface area contributed by atoms with E-state index in [0.717, 1.165) is 12.3 Å². The molecule has 2 nitrogen and oxygen atoms in total. The van der Waals surface area contributed by atoms with Crippen LogP contribution < -0.4 is 10.1 Å². The molecule has 100 valence electrons. The average molecular weight is 247 g/mol. The van der Waals surface area contributed by atoms with Gasteiger partial charge in [-0.2, -0.15) is 0 Å². The molecule has 0 aliphatic rings. The molecule has 2 heteroatoms. The molecule has 0 saturated carbocycles. The first-order chi connectivity index (χ1) is 8.72. The Morgan fingerprint density at radius 2 is 1.78 bits per heavy atom. The highest BCUT2D eigenvalue weighted by Gasteiger charge is 1.96. The van der Waals surface area contributed by atoms with Crippen molar-refractivity contribution < 1.29 is 4.74 Å². The summed E-state index contributed by atoms with van der Waals surface area (Å²) in [5, 5.41) is 3.37. The molecule has 0 aliphatic heterocycles. The Kier molecular flexibility index (Phi) is 9.81. The number of nitrogens with one attached hydrogen (secondary N) is 1. The summed E-state index contributed by atoms with van der Waals surface area (Å²) in [4.78, 5) is 0. The Bertz CT molecular complexity index is 357. The number of hydrogen-bond donors (Lipinski definition) is 1. The largest absolute Gasteiger partial charge is 0.481 e. The highest BCUT2D eigenvalue weighted by molar-refractivity contribution is 5.27. The molecule has 0 fully saturated rings. The third-order valence-corrected chi connectivity index (χ3v) is 2.13. The molecule has 18 heavy (non-hydrogen) atoms. The quantitative estimate of drug-likeness (QED) is 0.803. The smallest absolute Gasteiger partial charge is 0.149 e. The first-order valence-corrected chi connectivity index (χ1v) is 6.57. The molecule has 0 bridgehead atoms. The molecule has 0 spiro atoms. The molecule has 1 aromatic rings. The van der Waals surface area contributed by atoms with Gasteiger partial charge in [0.2, 0.25) is 0 Å². The molecule has 0 aromatic heterocycles. The minimum absolute atomic E-state index is 0.458. The molecule has 0 heterocycles. The average Bonchev–Trinajstić information content (AvgIpc) is 2.40. The van der Waals surface area contributed by atoms with Crippen LogP contribution >= 0.6 is 0 Å². The summed E-state index contributed by atoms with van der Waals surface area (Å²) in [7, 11) is 0. The van der Waals surface area contributed by atoms with Crippen molar-refractivity contribution in [3.63, 3.8) is 0 Å². The van der Waals surface area contributed by atoms with Gasteiger partial charge in [-0.1, -0.05) is 45.7 Å². The lowest BCUT2D eigenvalue weighted by molar-refractivity contribution is 0.370. The van der Waals surface area contributed by atoms with Gasteiger partial charge in [-0.3, -0.25) is 0 Å². The summed E-state index contributed by atoms with van der Waals surface area (Å²) in [5.41, 5.74) is 1.27. The fourth-order valence-corrected chi connectivity index (χ4v) is 1.22. The van der Waals surface area contributed by atoms with E-state index in [-0.39, 0.29) is 0 Å². The van der Waals surface area contributed by atoms with Gasteiger partial charge in [-0.15, -0.1) is 5.92 Å². The van der Waals surface area contributed by atoms with E-state index in [9.17, 15) is 0 Å². The lowest BCUT2D eigenvalue weighted by Gasteiger charge is -2.08. The van der Waals surface area contributed by atoms with Crippen LogP contribution in [0, 0.1) is 11.8 Å². The Hall–Kier alpha value is -1.46. The van der Waals surface area contributed by atoms with Crippen LogP contribution in [-0.2, 0) is 6.54 Å². The van der Waals surface area contributed by atoms with Crippen molar-refractivity contribution in [2.75, 3.05) is 6.61 Å². The van der Waals surface area contributed by atoms with E-state index in [2.05, 4.69) is 43.1 Å². The SMILES string of the molecule is CC.CC#CCOc1ccc(CNC(C)C)cc1. The number of hydrogen-bond acceptors (Lipinski definition) is 2. The fraction of sp³-hybridized carbons (Fsp3) is 0.500. The molecular formula is C16H25NO. The monoisotopic (exact) mass is 247 g/mol. The second-order valence-electron chi connectivity index (χ2n) is 3.90. The summed E-state index contributed by atoms with van der Waals surface area (Å²) in [6, 6.07) is 8.62. The van der Waals surface area contributed by atoms with Gasteiger partial charge in [-0.05, 0) is 24.6 Å². The Balaban J connectivity index is 0.00000137. The topological polar surface area (TPSA) is 21.3 Å². The summed E-state index contributed by atoms with van der Waals surface area (Å²) < 4.78 is 5.43. The Labute approximate surface area is 112 Å². The van der Waals surface area contributed by atoms with Crippen molar-refractivity contribution >= 4 is 0 Å². The van der Waals surface area contributed by atoms with E-state index in [1.807, 2.05) is 32.9 Å². The maximum Gasteiger partial charge on any atom is 0.149 e. The zero-order valence-corrected chi connectivity index (χ0v) is 12.2. The maximum atomic E-state index is 5.43. The molecule has 0 aliphatic carbocycles. The lowest BCUT2D eigenvalue weighted by Crippen LogP contribution is -2.21. The third kappa shape index (κ3) is 7.76. The molecular weight excluding hydrogens is 222 g/mol. The summed E-state index contributed by atoms with van der Waals surface area (Å²) in [6.45, 7) is 11.4. The number of benzene rings is 1. The van der Waals surface area contributed by atoms with E-state index in [4.69, 9.17) is 4.74 Å². The van der Waals surface area contributed by atoms with Crippen molar-refractivity contribution in [3.8, 4) is 17.6 Å². The second kappa shape index (κ2) is 10.7. The molecule has 0 unspecified atom stereocenters. The molecule has 1 N–H and O–H groups in total. The van der Waals surface area contributed by atoms with Gasteiger partial charge in [0, 0.05) is 12.6 Å². The minimum atomic E-state index is 0.458. The Morgan fingerprint density at radius 1 is 1.17 bits per heavy atom. The van der Waals surface area contributed by atoms with Crippen LogP contribution in [0.2, 0.25) is 0 Å². The van der Waals surface area contributed by atoms with Crippen LogP contribution in [0.25, 0.3) is 0 Å². The fourth-order valence-electron chi connectivity index (χ4n) is 1.22. The zero-order chi connectivity index (χ0) is 13.8. The lowest BCUT2D eigenvalue weighted by atomic mass is 10.2. The summed E-state index contributed by atoms with van der Waals surface area (Å²) >= 11 is 0. The minimum Gasteiger partial charge on any atom is -0.481 e. The molecule has 0 radical (unpaired) electrons. The highest BCUT2D eigenvalue weighted by atomic mass is 16.5. The zero-order valence-electron chi connectivity index (χ0n) is 12.2.